The maximum atomic E-state index is 12.8. The summed E-state index contributed by atoms with van der Waals surface area (Å²) in [6, 6.07) is 17.8. The number of carboxylic acid groups (broad SMARTS) is 1. The van der Waals surface area contributed by atoms with Gasteiger partial charge in [-0.2, -0.15) is 0 Å². The van der Waals surface area contributed by atoms with Gasteiger partial charge in [0.1, 0.15) is 6.54 Å². The van der Waals surface area contributed by atoms with Crippen LogP contribution < -0.4 is 0 Å². The molecule has 24 heavy (non-hydrogen) atoms. The molecule has 0 saturated carbocycles. The average Bonchev–Trinajstić information content (AvgIpc) is 3.02. The van der Waals surface area contributed by atoms with Crippen molar-refractivity contribution in [3.63, 3.8) is 0 Å². The first kappa shape index (κ1) is 16.6. The van der Waals surface area contributed by atoms with Crippen LogP contribution in [0, 0.1) is 0 Å². The highest BCUT2D eigenvalue weighted by molar-refractivity contribution is 8.01. The van der Waals surface area contributed by atoms with Gasteiger partial charge < -0.3 is 10.0 Å². The lowest BCUT2D eigenvalue weighted by atomic mass is 10.1. The minimum atomic E-state index is -0.975. The second-order valence-corrected chi connectivity index (χ2v) is 7.05. The number of carbonyl (C=O) groups is 2. The molecule has 1 atom stereocenters. The maximum absolute atomic E-state index is 12.8. The van der Waals surface area contributed by atoms with Gasteiger partial charge in [0.2, 0.25) is 5.91 Å². The fourth-order valence-electron chi connectivity index (χ4n) is 2.86. The summed E-state index contributed by atoms with van der Waals surface area (Å²) in [5.74, 6) is -1.06. The van der Waals surface area contributed by atoms with E-state index in [0.29, 0.717) is 19.4 Å². The lowest BCUT2D eigenvalue weighted by Crippen LogP contribution is -2.42. The molecule has 1 aliphatic heterocycles. The standard InChI is InChI=1S/C19H19NO3S/c21-18(22)13-20(11-10-14-6-2-1-3-7-14)19(23)17-12-15-8-4-5-9-16(15)24-17/h1-9,17H,10-13H2,(H,21,22). The van der Waals surface area contributed by atoms with Crippen molar-refractivity contribution < 1.29 is 14.7 Å². The fraction of sp³-hybridized carbons (Fsp3) is 0.263. The molecule has 0 spiro atoms. The van der Waals surface area contributed by atoms with E-state index in [1.165, 1.54) is 22.2 Å². The number of hydrogen-bond acceptors (Lipinski definition) is 3. The zero-order chi connectivity index (χ0) is 16.9. The molecule has 1 heterocycles. The highest BCUT2D eigenvalue weighted by atomic mass is 32.2. The van der Waals surface area contributed by atoms with Crippen LogP contribution in [0.4, 0.5) is 0 Å². The summed E-state index contributed by atoms with van der Waals surface area (Å²) in [6.45, 7) is 0.168. The lowest BCUT2D eigenvalue weighted by molar-refractivity contribution is -0.144. The van der Waals surface area contributed by atoms with Gasteiger partial charge in [-0.3, -0.25) is 9.59 Å². The van der Waals surface area contributed by atoms with Crippen molar-refractivity contribution in [3.8, 4) is 0 Å². The molecule has 124 valence electrons. The highest BCUT2D eigenvalue weighted by Gasteiger charge is 2.31. The topological polar surface area (TPSA) is 57.6 Å². The average molecular weight is 341 g/mol. The molecular weight excluding hydrogens is 322 g/mol. The number of fused-ring (bicyclic) bond motifs is 1. The van der Waals surface area contributed by atoms with Crippen LogP contribution in [-0.4, -0.2) is 40.2 Å². The molecule has 1 amide bonds. The summed E-state index contributed by atoms with van der Waals surface area (Å²) in [5, 5.41) is 8.92. The van der Waals surface area contributed by atoms with E-state index in [1.54, 1.807) is 0 Å². The number of rotatable bonds is 6. The van der Waals surface area contributed by atoms with E-state index >= 15 is 0 Å². The van der Waals surface area contributed by atoms with Gasteiger partial charge in [0.15, 0.2) is 0 Å². The third-order valence-electron chi connectivity index (χ3n) is 4.07. The monoisotopic (exact) mass is 341 g/mol. The first-order valence-corrected chi connectivity index (χ1v) is 8.80. The molecule has 2 aromatic rings. The number of benzene rings is 2. The second kappa shape index (κ2) is 7.53. The number of amides is 1. The van der Waals surface area contributed by atoms with Gasteiger partial charge in [0.25, 0.3) is 0 Å². The molecular formula is C19H19NO3S. The lowest BCUT2D eigenvalue weighted by Gasteiger charge is -2.23. The maximum Gasteiger partial charge on any atom is 0.323 e. The number of aliphatic carboxylic acids is 1. The molecule has 0 aliphatic carbocycles. The Morgan fingerprint density at radius 1 is 1.08 bits per heavy atom. The van der Waals surface area contributed by atoms with Crippen LogP contribution in [0.25, 0.3) is 0 Å². The molecule has 0 bridgehead atoms. The van der Waals surface area contributed by atoms with Crippen molar-refractivity contribution in [1.82, 2.24) is 4.90 Å². The molecule has 0 radical (unpaired) electrons. The zero-order valence-electron chi connectivity index (χ0n) is 13.2. The summed E-state index contributed by atoms with van der Waals surface area (Å²) in [5.41, 5.74) is 2.27. The van der Waals surface area contributed by atoms with Crippen LogP contribution in [0.5, 0.6) is 0 Å². The zero-order valence-corrected chi connectivity index (χ0v) is 14.0. The first-order valence-electron chi connectivity index (χ1n) is 7.92. The van der Waals surface area contributed by atoms with E-state index in [9.17, 15) is 9.59 Å². The Labute approximate surface area is 145 Å². The van der Waals surface area contributed by atoms with Gasteiger partial charge >= 0.3 is 5.97 Å². The Bertz CT molecular complexity index is 707. The number of carbonyl (C=O) groups excluding carboxylic acids is 1. The predicted molar refractivity (Wildman–Crippen MR) is 94.2 cm³/mol. The van der Waals surface area contributed by atoms with E-state index < -0.39 is 5.97 Å². The van der Waals surface area contributed by atoms with Crippen LogP contribution in [0.3, 0.4) is 0 Å². The Morgan fingerprint density at radius 2 is 1.79 bits per heavy atom. The predicted octanol–water partition coefficient (Wildman–Crippen LogP) is 2.86. The molecule has 2 aromatic carbocycles. The number of nitrogens with zero attached hydrogens (tertiary/aromatic N) is 1. The van der Waals surface area contributed by atoms with Crippen LogP contribution in [0.1, 0.15) is 11.1 Å². The first-order chi connectivity index (χ1) is 11.6. The van der Waals surface area contributed by atoms with Gasteiger partial charge in [-0.1, -0.05) is 48.5 Å². The van der Waals surface area contributed by atoms with Crippen molar-refractivity contribution in [2.24, 2.45) is 0 Å². The van der Waals surface area contributed by atoms with E-state index in [0.717, 1.165) is 10.5 Å². The van der Waals surface area contributed by atoms with Crippen LogP contribution in [0.15, 0.2) is 59.5 Å². The van der Waals surface area contributed by atoms with Crippen molar-refractivity contribution in [3.05, 3.63) is 65.7 Å². The molecule has 0 aromatic heterocycles. The summed E-state index contributed by atoms with van der Waals surface area (Å²) in [4.78, 5) is 26.6. The van der Waals surface area contributed by atoms with E-state index in [-0.39, 0.29) is 17.7 Å². The van der Waals surface area contributed by atoms with Crippen molar-refractivity contribution in [2.45, 2.75) is 23.0 Å². The fourth-order valence-corrected chi connectivity index (χ4v) is 4.14. The summed E-state index contributed by atoms with van der Waals surface area (Å²) >= 11 is 1.54. The molecule has 0 fully saturated rings. The SMILES string of the molecule is O=C(O)CN(CCc1ccccc1)C(=O)C1Cc2ccccc2S1. The summed E-state index contributed by atoms with van der Waals surface area (Å²) < 4.78 is 0. The normalized spacial score (nSPS) is 15.8. The second-order valence-electron chi connectivity index (χ2n) is 5.81. The molecule has 1 aliphatic rings. The molecule has 0 saturated heterocycles. The number of carboxylic acids is 1. The quantitative estimate of drug-likeness (QED) is 0.878. The van der Waals surface area contributed by atoms with Crippen LogP contribution in [0.2, 0.25) is 0 Å². The highest BCUT2D eigenvalue weighted by Crippen LogP contribution is 2.37. The van der Waals surface area contributed by atoms with Gasteiger partial charge in [-0.15, -0.1) is 11.8 Å². The van der Waals surface area contributed by atoms with E-state index in [2.05, 4.69) is 0 Å². The van der Waals surface area contributed by atoms with E-state index in [4.69, 9.17) is 5.11 Å². The Morgan fingerprint density at radius 3 is 2.50 bits per heavy atom. The van der Waals surface area contributed by atoms with Crippen LogP contribution in [-0.2, 0) is 22.4 Å². The summed E-state index contributed by atoms with van der Waals surface area (Å²) in [7, 11) is 0. The summed E-state index contributed by atoms with van der Waals surface area (Å²) in [6.07, 6.45) is 1.32. The Kier molecular flexibility index (Phi) is 5.20. The molecule has 5 heteroatoms. The van der Waals surface area contributed by atoms with Gasteiger partial charge in [-0.05, 0) is 30.0 Å². The minimum Gasteiger partial charge on any atom is -0.480 e. The minimum absolute atomic E-state index is 0.0884. The number of thioether (sulfide) groups is 1. The molecule has 3 rings (SSSR count). The Hall–Kier alpha value is -2.27. The van der Waals surface area contributed by atoms with Crippen molar-refractivity contribution in [1.29, 1.82) is 0 Å². The third kappa shape index (κ3) is 3.97. The largest absolute Gasteiger partial charge is 0.480 e. The van der Waals surface area contributed by atoms with E-state index in [1.807, 2.05) is 54.6 Å². The van der Waals surface area contributed by atoms with Crippen molar-refractivity contribution in [2.75, 3.05) is 13.1 Å². The van der Waals surface area contributed by atoms with Gasteiger partial charge in [-0.25, -0.2) is 0 Å². The molecule has 1 unspecified atom stereocenters. The third-order valence-corrected chi connectivity index (χ3v) is 5.38. The number of hydrogen-bond donors (Lipinski definition) is 1. The Balaban J connectivity index is 1.67. The van der Waals surface area contributed by atoms with Gasteiger partial charge in [0, 0.05) is 11.4 Å². The smallest absolute Gasteiger partial charge is 0.323 e. The van der Waals surface area contributed by atoms with Crippen LogP contribution >= 0.6 is 11.8 Å². The van der Waals surface area contributed by atoms with Gasteiger partial charge in [0.05, 0.1) is 5.25 Å². The van der Waals surface area contributed by atoms with Crippen molar-refractivity contribution >= 4 is 23.6 Å². The molecule has 1 N–H and O–H groups in total. The molecule has 4 nitrogen and oxygen atoms in total.